The van der Waals surface area contributed by atoms with Crippen LogP contribution in [0.1, 0.15) is 39.0 Å². The van der Waals surface area contributed by atoms with E-state index in [1.807, 2.05) is 6.07 Å². The second kappa shape index (κ2) is 6.59. The van der Waals surface area contributed by atoms with Gasteiger partial charge >= 0.3 is 0 Å². The minimum absolute atomic E-state index is 0.126. The molecule has 2 unspecified atom stereocenters. The lowest BCUT2D eigenvalue weighted by atomic mass is 10.0. The minimum Gasteiger partial charge on any atom is -0.388 e. The summed E-state index contributed by atoms with van der Waals surface area (Å²) in [6.45, 7) is 2.30. The highest BCUT2D eigenvalue weighted by molar-refractivity contribution is 5.63. The zero-order valence-electron chi connectivity index (χ0n) is 12.2. The summed E-state index contributed by atoms with van der Waals surface area (Å²) in [4.78, 5) is 10.6. The van der Waals surface area contributed by atoms with Crippen LogP contribution in [-0.2, 0) is 0 Å². The Labute approximate surface area is 119 Å². The molecule has 0 radical (unpaired) electrons. The van der Waals surface area contributed by atoms with Gasteiger partial charge in [-0.3, -0.25) is 10.1 Å². The van der Waals surface area contributed by atoms with E-state index < -0.39 is 0 Å². The van der Waals surface area contributed by atoms with Crippen molar-refractivity contribution in [2.24, 2.45) is 5.92 Å². The summed E-state index contributed by atoms with van der Waals surface area (Å²) < 4.78 is 0. The van der Waals surface area contributed by atoms with E-state index in [1.165, 1.54) is 19.3 Å². The molecule has 2 rings (SSSR count). The first-order valence-electron chi connectivity index (χ1n) is 7.32. The summed E-state index contributed by atoms with van der Waals surface area (Å²) in [7, 11) is 1.77. The van der Waals surface area contributed by atoms with E-state index in [0.29, 0.717) is 6.04 Å². The topological polar surface area (TPSA) is 67.2 Å². The van der Waals surface area contributed by atoms with Crippen LogP contribution < -0.4 is 10.6 Å². The van der Waals surface area contributed by atoms with Gasteiger partial charge in [-0.25, -0.2) is 0 Å². The predicted octanol–water partition coefficient (Wildman–Crippen LogP) is 4.02. The van der Waals surface area contributed by atoms with E-state index in [-0.39, 0.29) is 10.6 Å². The van der Waals surface area contributed by atoms with Crippen LogP contribution in [0.4, 0.5) is 17.1 Å². The molecule has 0 saturated heterocycles. The van der Waals surface area contributed by atoms with Crippen LogP contribution in [0.2, 0.25) is 0 Å². The van der Waals surface area contributed by atoms with Gasteiger partial charge in [0.05, 0.1) is 4.92 Å². The largest absolute Gasteiger partial charge is 0.388 e. The van der Waals surface area contributed by atoms with Gasteiger partial charge < -0.3 is 10.6 Å². The normalized spacial score (nSPS) is 22.9. The number of hydrogen-bond donors (Lipinski definition) is 2. The van der Waals surface area contributed by atoms with Gasteiger partial charge in [-0.2, -0.15) is 0 Å². The standard InChI is InChI=1S/C15H23N3O2/c1-11-4-3-5-12(7-6-11)17-14-8-13(16-2)9-15(10-14)18(19)20/h8-12,16-17H,3-7H2,1-2H3. The molecule has 0 amide bonds. The van der Waals surface area contributed by atoms with Gasteiger partial charge in [-0.1, -0.05) is 19.8 Å². The third-order valence-corrected chi connectivity index (χ3v) is 4.05. The number of nitro benzene ring substituents is 1. The minimum atomic E-state index is -0.346. The number of rotatable bonds is 4. The molecule has 1 aromatic carbocycles. The summed E-state index contributed by atoms with van der Waals surface area (Å²) in [5.74, 6) is 0.791. The van der Waals surface area contributed by atoms with Gasteiger partial charge in [0.15, 0.2) is 0 Å². The van der Waals surface area contributed by atoms with E-state index in [0.717, 1.165) is 30.1 Å². The Hall–Kier alpha value is -1.78. The van der Waals surface area contributed by atoms with Crippen LogP contribution in [0.3, 0.4) is 0 Å². The zero-order valence-corrected chi connectivity index (χ0v) is 12.2. The van der Waals surface area contributed by atoms with Crippen LogP contribution in [0.15, 0.2) is 18.2 Å². The smallest absolute Gasteiger partial charge is 0.273 e. The fraction of sp³-hybridized carbons (Fsp3) is 0.600. The lowest BCUT2D eigenvalue weighted by molar-refractivity contribution is -0.384. The molecule has 5 heteroatoms. The highest BCUT2D eigenvalue weighted by Crippen LogP contribution is 2.28. The summed E-state index contributed by atoms with van der Waals surface area (Å²) in [6, 6.07) is 5.53. The Morgan fingerprint density at radius 2 is 1.90 bits per heavy atom. The summed E-state index contributed by atoms with van der Waals surface area (Å²) >= 11 is 0. The highest BCUT2D eigenvalue weighted by Gasteiger charge is 2.17. The number of benzene rings is 1. The zero-order chi connectivity index (χ0) is 14.5. The predicted molar refractivity (Wildman–Crippen MR) is 82.3 cm³/mol. The van der Waals surface area contributed by atoms with Crippen molar-refractivity contribution in [3.05, 3.63) is 28.3 Å². The maximum Gasteiger partial charge on any atom is 0.273 e. The first-order valence-corrected chi connectivity index (χ1v) is 7.32. The van der Waals surface area contributed by atoms with Crippen molar-refractivity contribution in [3.63, 3.8) is 0 Å². The Morgan fingerprint density at radius 1 is 1.15 bits per heavy atom. The summed E-state index contributed by atoms with van der Waals surface area (Å²) in [5, 5.41) is 17.4. The molecule has 20 heavy (non-hydrogen) atoms. The van der Waals surface area contributed by atoms with Crippen LogP contribution in [0.25, 0.3) is 0 Å². The molecule has 0 spiro atoms. The Balaban J connectivity index is 2.11. The molecule has 5 nitrogen and oxygen atoms in total. The molecule has 0 bridgehead atoms. The average Bonchev–Trinajstić information content (AvgIpc) is 2.63. The van der Waals surface area contributed by atoms with E-state index in [4.69, 9.17) is 0 Å². The summed E-state index contributed by atoms with van der Waals surface area (Å²) in [5.41, 5.74) is 1.73. The maximum atomic E-state index is 11.0. The number of anilines is 2. The molecule has 2 atom stereocenters. The van der Waals surface area contributed by atoms with Gasteiger partial charge in [0.1, 0.15) is 0 Å². The SMILES string of the molecule is CNc1cc(NC2CCCC(C)CC2)cc([N+](=O)[O-])c1. The number of non-ortho nitro benzene ring substituents is 1. The van der Waals surface area contributed by atoms with Gasteiger partial charge in [0, 0.05) is 36.6 Å². The van der Waals surface area contributed by atoms with Crippen molar-refractivity contribution in [2.75, 3.05) is 17.7 Å². The molecule has 0 aliphatic heterocycles. The molecular weight excluding hydrogens is 254 g/mol. The van der Waals surface area contributed by atoms with E-state index in [2.05, 4.69) is 17.6 Å². The van der Waals surface area contributed by atoms with E-state index in [1.54, 1.807) is 19.2 Å². The van der Waals surface area contributed by atoms with Crippen molar-refractivity contribution in [1.29, 1.82) is 0 Å². The van der Waals surface area contributed by atoms with Crippen molar-refractivity contribution in [3.8, 4) is 0 Å². The van der Waals surface area contributed by atoms with Crippen LogP contribution in [-0.4, -0.2) is 18.0 Å². The fourth-order valence-corrected chi connectivity index (χ4v) is 2.81. The van der Waals surface area contributed by atoms with Crippen LogP contribution >= 0.6 is 0 Å². The molecule has 1 saturated carbocycles. The monoisotopic (exact) mass is 277 g/mol. The van der Waals surface area contributed by atoms with Crippen LogP contribution in [0, 0.1) is 16.0 Å². The molecule has 0 heterocycles. The van der Waals surface area contributed by atoms with E-state index in [9.17, 15) is 10.1 Å². The molecular formula is C15H23N3O2. The van der Waals surface area contributed by atoms with Crippen molar-refractivity contribution >= 4 is 17.1 Å². The fourth-order valence-electron chi connectivity index (χ4n) is 2.81. The second-order valence-electron chi connectivity index (χ2n) is 5.73. The lowest BCUT2D eigenvalue weighted by Crippen LogP contribution is -2.18. The molecule has 110 valence electrons. The van der Waals surface area contributed by atoms with E-state index >= 15 is 0 Å². The highest BCUT2D eigenvalue weighted by atomic mass is 16.6. The first kappa shape index (κ1) is 14.6. The molecule has 1 aromatic rings. The molecule has 1 fully saturated rings. The average molecular weight is 277 g/mol. The molecule has 0 aromatic heterocycles. The van der Waals surface area contributed by atoms with Gasteiger partial charge in [-0.15, -0.1) is 0 Å². The molecule has 1 aliphatic rings. The van der Waals surface area contributed by atoms with Crippen molar-refractivity contribution in [1.82, 2.24) is 0 Å². The number of nitrogens with zero attached hydrogens (tertiary/aromatic N) is 1. The maximum absolute atomic E-state index is 11.0. The Morgan fingerprint density at radius 3 is 2.60 bits per heavy atom. The Bertz CT molecular complexity index is 476. The third kappa shape index (κ3) is 3.85. The number of hydrogen-bond acceptors (Lipinski definition) is 4. The van der Waals surface area contributed by atoms with Gasteiger partial charge in [-0.05, 0) is 31.2 Å². The Kier molecular flexibility index (Phi) is 4.82. The summed E-state index contributed by atoms with van der Waals surface area (Å²) in [6.07, 6.45) is 6.02. The first-order chi connectivity index (χ1) is 9.58. The second-order valence-corrected chi connectivity index (χ2v) is 5.73. The van der Waals surface area contributed by atoms with Crippen molar-refractivity contribution < 1.29 is 4.92 Å². The van der Waals surface area contributed by atoms with Gasteiger partial charge in [0.25, 0.3) is 5.69 Å². The third-order valence-electron chi connectivity index (χ3n) is 4.05. The quantitative estimate of drug-likeness (QED) is 0.495. The molecule has 1 aliphatic carbocycles. The van der Waals surface area contributed by atoms with Gasteiger partial charge in [0.2, 0.25) is 0 Å². The number of nitro groups is 1. The van der Waals surface area contributed by atoms with Crippen molar-refractivity contribution in [2.45, 2.75) is 45.1 Å². The van der Waals surface area contributed by atoms with Crippen LogP contribution in [0.5, 0.6) is 0 Å². The lowest BCUT2D eigenvalue weighted by Gasteiger charge is -2.18. The number of nitrogens with one attached hydrogen (secondary N) is 2. The molecule has 2 N–H and O–H groups in total.